The minimum atomic E-state index is 0. The number of nitrogens with one attached hydrogen (secondary N) is 2. The molecule has 0 aliphatic rings. The van der Waals surface area contributed by atoms with Gasteiger partial charge in [-0.05, 0) is 32.4 Å². The first kappa shape index (κ1) is 20.7. The summed E-state index contributed by atoms with van der Waals surface area (Å²) >= 11 is 1.80. The van der Waals surface area contributed by atoms with Gasteiger partial charge in [-0.15, -0.1) is 35.3 Å². The van der Waals surface area contributed by atoms with Crippen LogP contribution in [0.3, 0.4) is 0 Å². The predicted octanol–water partition coefficient (Wildman–Crippen LogP) is 3.55. The summed E-state index contributed by atoms with van der Waals surface area (Å²) in [4.78, 5) is 7.20. The van der Waals surface area contributed by atoms with Crippen LogP contribution in [0, 0.1) is 6.92 Å². The van der Waals surface area contributed by atoms with Crippen molar-refractivity contribution < 1.29 is 4.74 Å². The zero-order chi connectivity index (χ0) is 14.6. The topological polar surface area (TPSA) is 45.6 Å². The van der Waals surface area contributed by atoms with E-state index < -0.39 is 0 Å². The Morgan fingerprint density at radius 1 is 1.24 bits per heavy atom. The van der Waals surface area contributed by atoms with Crippen molar-refractivity contribution in [3.8, 4) is 0 Å². The van der Waals surface area contributed by atoms with E-state index in [1.807, 2.05) is 0 Å². The van der Waals surface area contributed by atoms with Gasteiger partial charge in [0.05, 0.1) is 13.2 Å². The van der Waals surface area contributed by atoms with Gasteiger partial charge in [0.1, 0.15) is 0 Å². The fraction of sp³-hybridized carbons (Fsp3) is 0.667. The fourth-order valence-corrected chi connectivity index (χ4v) is 2.47. The Hall–Kier alpha value is -0.340. The molecular formula is C15H28IN3OS. The van der Waals surface area contributed by atoms with Crippen molar-refractivity contribution in [3.63, 3.8) is 0 Å². The first-order valence-electron chi connectivity index (χ1n) is 7.41. The third-order valence-corrected chi connectivity index (χ3v) is 3.70. The zero-order valence-electron chi connectivity index (χ0n) is 13.3. The number of guanidine groups is 1. The normalized spacial score (nSPS) is 11.1. The monoisotopic (exact) mass is 425 g/mol. The number of thiophene rings is 1. The molecule has 0 radical (unpaired) electrons. The maximum atomic E-state index is 5.53. The molecule has 0 atom stereocenters. The lowest BCUT2D eigenvalue weighted by Gasteiger charge is -2.11. The van der Waals surface area contributed by atoms with Crippen LogP contribution < -0.4 is 10.6 Å². The van der Waals surface area contributed by atoms with E-state index >= 15 is 0 Å². The third-order valence-electron chi connectivity index (χ3n) is 2.71. The number of hydrogen-bond donors (Lipinski definition) is 2. The minimum absolute atomic E-state index is 0. The maximum absolute atomic E-state index is 5.53. The van der Waals surface area contributed by atoms with Gasteiger partial charge in [-0.2, -0.15) is 0 Å². The predicted molar refractivity (Wildman–Crippen MR) is 103 cm³/mol. The molecule has 1 aromatic heterocycles. The second-order valence-corrected chi connectivity index (χ2v) is 5.97. The van der Waals surface area contributed by atoms with Crippen LogP contribution in [0.25, 0.3) is 0 Å². The molecule has 21 heavy (non-hydrogen) atoms. The minimum Gasteiger partial charge on any atom is -0.380 e. The molecule has 0 unspecified atom stereocenters. The molecule has 4 nitrogen and oxygen atoms in total. The standard InChI is InChI=1S/C15H27N3OS.HI/c1-4-6-10-19-11-9-17-15(16-5-2)18-12-14-8-7-13(3)20-14;/h7-8H,4-6,9-12H2,1-3H3,(H2,16,17,18);1H. The second kappa shape index (κ2) is 13.3. The number of halogens is 1. The summed E-state index contributed by atoms with van der Waals surface area (Å²) in [5.41, 5.74) is 0. The smallest absolute Gasteiger partial charge is 0.191 e. The molecule has 0 amide bonds. The van der Waals surface area contributed by atoms with Gasteiger partial charge in [-0.1, -0.05) is 13.3 Å². The van der Waals surface area contributed by atoms with Gasteiger partial charge < -0.3 is 15.4 Å². The fourth-order valence-electron chi connectivity index (χ4n) is 1.66. The number of aliphatic imine (C=N–C) groups is 1. The van der Waals surface area contributed by atoms with Crippen molar-refractivity contribution in [3.05, 3.63) is 21.9 Å². The Kier molecular flexibility index (Phi) is 13.1. The van der Waals surface area contributed by atoms with E-state index in [1.54, 1.807) is 11.3 Å². The first-order valence-corrected chi connectivity index (χ1v) is 8.23. The maximum Gasteiger partial charge on any atom is 0.191 e. The van der Waals surface area contributed by atoms with Gasteiger partial charge in [0.25, 0.3) is 0 Å². The summed E-state index contributed by atoms with van der Waals surface area (Å²) in [6.07, 6.45) is 2.31. The highest BCUT2D eigenvalue weighted by molar-refractivity contribution is 14.0. The molecule has 1 rings (SSSR count). The highest BCUT2D eigenvalue weighted by Gasteiger charge is 1.99. The Labute approximate surface area is 149 Å². The molecule has 1 aromatic rings. The van der Waals surface area contributed by atoms with Crippen LogP contribution in [-0.4, -0.2) is 32.3 Å². The molecule has 0 spiro atoms. The van der Waals surface area contributed by atoms with Crippen molar-refractivity contribution in [1.29, 1.82) is 0 Å². The van der Waals surface area contributed by atoms with Gasteiger partial charge in [-0.3, -0.25) is 0 Å². The Morgan fingerprint density at radius 3 is 2.67 bits per heavy atom. The molecule has 2 N–H and O–H groups in total. The SMILES string of the molecule is CCCCOCCNC(=NCc1ccc(C)s1)NCC.I. The number of aryl methyl sites for hydroxylation is 1. The summed E-state index contributed by atoms with van der Waals surface area (Å²) in [6.45, 7) is 10.3. The van der Waals surface area contributed by atoms with Crippen LogP contribution in [0.4, 0.5) is 0 Å². The average Bonchev–Trinajstić information content (AvgIpc) is 2.85. The summed E-state index contributed by atoms with van der Waals surface area (Å²) < 4.78 is 5.53. The molecule has 0 saturated heterocycles. The largest absolute Gasteiger partial charge is 0.380 e. The van der Waals surface area contributed by atoms with E-state index in [9.17, 15) is 0 Å². The number of rotatable bonds is 9. The highest BCUT2D eigenvalue weighted by Crippen LogP contribution is 2.15. The first-order chi connectivity index (χ1) is 9.76. The van der Waals surface area contributed by atoms with Gasteiger partial charge in [0, 0.05) is 29.5 Å². The van der Waals surface area contributed by atoms with Crippen LogP contribution >= 0.6 is 35.3 Å². The second-order valence-electron chi connectivity index (χ2n) is 4.60. The van der Waals surface area contributed by atoms with Gasteiger partial charge >= 0.3 is 0 Å². The van der Waals surface area contributed by atoms with Gasteiger partial charge in [-0.25, -0.2) is 4.99 Å². The van der Waals surface area contributed by atoms with Gasteiger partial charge in [0.2, 0.25) is 0 Å². The number of hydrogen-bond acceptors (Lipinski definition) is 3. The lowest BCUT2D eigenvalue weighted by Crippen LogP contribution is -2.39. The van der Waals surface area contributed by atoms with E-state index in [0.717, 1.165) is 45.2 Å². The van der Waals surface area contributed by atoms with Crippen LogP contribution in [0.1, 0.15) is 36.4 Å². The Bertz CT molecular complexity index is 396. The van der Waals surface area contributed by atoms with Crippen molar-refractivity contribution in [2.75, 3.05) is 26.3 Å². The lowest BCUT2D eigenvalue weighted by molar-refractivity contribution is 0.136. The van der Waals surface area contributed by atoms with E-state index in [-0.39, 0.29) is 24.0 Å². The summed E-state index contributed by atoms with van der Waals surface area (Å²) in [6, 6.07) is 4.28. The van der Waals surface area contributed by atoms with Crippen molar-refractivity contribution in [2.24, 2.45) is 4.99 Å². The Morgan fingerprint density at radius 2 is 2.05 bits per heavy atom. The molecule has 6 heteroatoms. The van der Waals surface area contributed by atoms with E-state index in [2.05, 4.69) is 48.5 Å². The molecule has 122 valence electrons. The van der Waals surface area contributed by atoms with Crippen molar-refractivity contribution >= 4 is 41.3 Å². The Balaban J connectivity index is 0.00000400. The molecule has 0 aliphatic carbocycles. The van der Waals surface area contributed by atoms with E-state index in [4.69, 9.17) is 4.74 Å². The number of unbranched alkanes of at least 4 members (excludes halogenated alkanes) is 1. The average molecular weight is 425 g/mol. The molecular weight excluding hydrogens is 397 g/mol. The van der Waals surface area contributed by atoms with Crippen molar-refractivity contribution in [1.82, 2.24) is 10.6 Å². The lowest BCUT2D eigenvalue weighted by atomic mass is 10.4. The van der Waals surface area contributed by atoms with Crippen molar-refractivity contribution in [2.45, 2.75) is 40.2 Å². The van der Waals surface area contributed by atoms with Gasteiger partial charge in [0.15, 0.2) is 5.96 Å². The number of nitrogens with zero attached hydrogens (tertiary/aromatic N) is 1. The van der Waals surface area contributed by atoms with E-state index in [0.29, 0.717) is 0 Å². The van der Waals surface area contributed by atoms with Crippen LogP contribution in [0.15, 0.2) is 17.1 Å². The van der Waals surface area contributed by atoms with Crippen LogP contribution in [0.5, 0.6) is 0 Å². The molecule has 0 aliphatic heterocycles. The number of ether oxygens (including phenoxy) is 1. The third kappa shape index (κ3) is 10.1. The molecule has 0 saturated carbocycles. The molecule has 0 aromatic carbocycles. The van der Waals surface area contributed by atoms with E-state index in [1.165, 1.54) is 16.2 Å². The summed E-state index contributed by atoms with van der Waals surface area (Å²) in [5, 5.41) is 6.54. The van der Waals surface area contributed by atoms with Crippen LogP contribution in [-0.2, 0) is 11.3 Å². The molecule has 0 bridgehead atoms. The highest BCUT2D eigenvalue weighted by atomic mass is 127. The molecule has 0 fully saturated rings. The van der Waals surface area contributed by atoms with Crippen LogP contribution in [0.2, 0.25) is 0 Å². The zero-order valence-corrected chi connectivity index (χ0v) is 16.4. The molecule has 1 heterocycles. The summed E-state index contributed by atoms with van der Waals surface area (Å²) in [7, 11) is 0. The quantitative estimate of drug-likeness (QED) is 0.275. The summed E-state index contributed by atoms with van der Waals surface area (Å²) in [5.74, 6) is 0.859.